The molecular formula is C33H30N4O2. The zero-order valence-electron chi connectivity index (χ0n) is 21.8. The number of hydrogen-bond acceptors (Lipinski definition) is 3. The van der Waals surface area contributed by atoms with Crippen LogP contribution in [-0.4, -0.2) is 52.9 Å². The van der Waals surface area contributed by atoms with E-state index in [1.807, 2.05) is 88.7 Å². The molecule has 6 nitrogen and oxygen atoms in total. The number of carbonyl (C=O) groups excluding carboxylic acids is 2. The number of amides is 3. The van der Waals surface area contributed by atoms with Gasteiger partial charge in [0.05, 0.1) is 11.3 Å². The van der Waals surface area contributed by atoms with Crippen LogP contribution in [0.4, 0.5) is 10.5 Å². The predicted molar refractivity (Wildman–Crippen MR) is 153 cm³/mol. The summed E-state index contributed by atoms with van der Waals surface area (Å²) in [6, 6.07) is 25.6. The molecule has 39 heavy (non-hydrogen) atoms. The predicted octanol–water partition coefficient (Wildman–Crippen LogP) is 5.79. The number of fused-ring (bicyclic) bond motifs is 1. The van der Waals surface area contributed by atoms with E-state index in [4.69, 9.17) is 0 Å². The van der Waals surface area contributed by atoms with Gasteiger partial charge < -0.3 is 15.1 Å². The lowest BCUT2D eigenvalue weighted by Crippen LogP contribution is -2.46. The molecule has 2 saturated heterocycles. The second-order valence-corrected chi connectivity index (χ2v) is 10.5. The van der Waals surface area contributed by atoms with Gasteiger partial charge in [-0.25, -0.2) is 4.79 Å². The van der Waals surface area contributed by atoms with Crippen molar-refractivity contribution in [2.75, 3.05) is 31.5 Å². The standard InChI is InChI=1S/C33H30N4O2/c38-31(28-21-26(22-34-23-28)14-13-25-7-2-1-3-8-25)37-20-17-33(24-37)15-18-36(19-16-33)32(39)35-30-12-6-10-27-9-4-5-11-29(27)30/h1-12,21-23H,15-20,24H2,(H,35,39). The van der Waals surface area contributed by atoms with Crippen LogP contribution in [0.5, 0.6) is 0 Å². The minimum atomic E-state index is -0.0633. The summed E-state index contributed by atoms with van der Waals surface area (Å²) in [5, 5.41) is 5.26. The Kier molecular flexibility index (Phi) is 6.73. The number of anilines is 1. The molecule has 2 aliphatic rings. The normalized spacial score (nSPS) is 16.1. The molecule has 4 aromatic rings. The third-order valence-electron chi connectivity index (χ3n) is 7.98. The lowest BCUT2D eigenvalue weighted by atomic mass is 9.78. The molecule has 1 aromatic heterocycles. The molecular weight excluding hydrogens is 484 g/mol. The van der Waals surface area contributed by atoms with Crippen molar-refractivity contribution >= 4 is 28.4 Å². The van der Waals surface area contributed by atoms with Crippen molar-refractivity contribution < 1.29 is 9.59 Å². The molecule has 2 fully saturated rings. The fourth-order valence-electron chi connectivity index (χ4n) is 5.70. The van der Waals surface area contributed by atoms with E-state index in [0.717, 1.165) is 53.4 Å². The van der Waals surface area contributed by atoms with Crippen molar-refractivity contribution in [2.45, 2.75) is 19.3 Å². The van der Waals surface area contributed by atoms with Gasteiger partial charge in [-0.05, 0) is 54.3 Å². The lowest BCUT2D eigenvalue weighted by molar-refractivity contribution is 0.0739. The monoisotopic (exact) mass is 514 g/mol. The first-order valence-electron chi connectivity index (χ1n) is 13.4. The maximum atomic E-state index is 13.3. The Morgan fingerprint density at radius 1 is 0.769 bits per heavy atom. The van der Waals surface area contributed by atoms with Gasteiger partial charge in [0.15, 0.2) is 0 Å². The van der Waals surface area contributed by atoms with Crippen LogP contribution in [0.1, 0.15) is 40.7 Å². The number of likely N-dealkylation sites (tertiary alicyclic amines) is 2. The number of urea groups is 1. The van der Waals surface area contributed by atoms with Crippen LogP contribution in [0.3, 0.4) is 0 Å². The number of nitrogens with zero attached hydrogens (tertiary/aromatic N) is 3. The third-order valence-corrected chi connectivity index (χ3v) is 7.98. The number of pyridine rings is 1. The fourth-order valence-corrected chi connectivity index (χ4v) is 5.70. The van der Waals surface area contributed by atoms with Crippen LogP contribution in [0.15, 0.2) is 91.3 Å². The highest BCUT2D eigenvalue weighted by atomic mass is 16.2. The molecule has 1 spiro atoms. The second kappa shape index (κ2) is 10.6. The number of hydrogen-bond donors (Lipinski definition) is 1. The van der Waals surface area contributed by atoms with Crippen molar-refractivity contribution in [1.82, 2.24) is 14.8 Å². The maximum absolute atomic E-state index is 13.3. The van der Waals surface area contributed by atoms with Crippen LogP contribution in [-0.2, 0) is 0 Å². The summed E-state index contributed by atoms with van der Waals surface area (Å²) in [5.74, 6) is 6.25. The minimum absolute atomic E-state index is 0.00105. The van der Waals surface area contributed by atoms with E-state index in [0.29, 0.717) is 25.2 Å². The van der Waals surface area contributed by atoms with Gasteiger partial charge in [0.1, 0.15) is 0 Å². The van der Waals surface area contributed by atoms with E-state index in [1.54, 1.807) is 12.4 Å². The molecule has 0 unspecified atom stereocenters. The van der Waals surface area contributed by atoms with Gasteiger partial charge in [-0.15, -0.1) is 0 Å². The molecule has 0 saturated carbocycles. The smallest absolute Gasteiger partial charge is 0.321 e. The lowest BCUT2D eigenvalue weighted by Gasteiger charge is -2.39. The van der Waals surface area contributed by atoms with Crippen molar-refractivity contribution in [3.05, 3.63) is 108 Å². The van der Waals surface area contributed by atoms with E-state index < -0.39 is 0 Å². The van der Waals surface area contributed by atoms with E-state index in [9.17, 15) is 9.59 Å². The van der Waals surface area contributed by atoms with E-state index >= 15 is 0 Å². The molecule has 0 atom stereocenters. The summed E-state index contributed by atoms with van der Waals surface area (Å²) in [5.41, 5.74) is 3.11. The number of aromatic nitrogens is 1. The van der Waals surface area contributed by atoms with E-state index in [-0.39, 0.29) is 17.4 Å². The summed E-state index contributed by atoms with van der Waals surface area (Å²) in [6.45, 7) is 2.81. The molecule has 6 rings (SSSR count). The molecule has 0 radical (unpaired) electrons. The fraction of sp³-hybridized carbons (Fsp3) is 0.242. The van der Waals surface area contributed by atoms with Crippen molar-refractivity contribution in [3.63, 3.8) is 0 Å². The third kappa shape index (κ3) is 5.35. The summed E-state index contributed by atoms with van der Waals surface area (Å²) >= 11 is 0. The average Bonchev–Trinajstić information content (AvgIpc) is 3.40. The summed E-state index contributed by atoms with van der Waals surface area (Å²) in [7, 11) is 0. The number of piperidine rings is 1. The molecule has 3 aromatic carbocycles. The molecule has 0 aliphatic carbocycles. The highest BCUT2D eigenvalue weighted by Gasteiger charge is 2.43. The highest BCUT2D eigenvalue weighted by Crippen LogP contribution is 2.41. The zero-order chi connectivity index (χ0) is 26.7. The highest BCUT2D eigenvalue weighted by molar-refractivity contribution is 6.01. The van der Waals surface area contributed by atoms with Gasteiger partial charge in [-0.3, -0.25) is 9.78 Å². The number of rotatable bonds is 2. The first kappa shape index (κ1) is 24.7. The molecule has 3 heterocycles. The first-order chi connectivity index (χ1) is 19.1. The van der Waals surface area contributed by atoms with Gasteiger partial charge >= 0.3 is 6.03 Å². The van der Waals surface area contributed by atoms with Gasteiger partial charge in [-0.2, -0.15) is 0 Å². The van der Waals surface area contributed by atoms with E-state index in [2.05, 4.69) is 22.1 Å². The van der Waals surface area contributed by atoms with Crippen molar-refractivity contribution in [3.8, 4) is 11.8 Å². The minimum Gasteiger partial charge on any atom is -0.338 e. The topological polar surface area (TPSA) is 65.5 Å². The van der Waals surface area contributed by atoms with Crippen molar-refractivity contribution in [1.29, 1.82) is 0 Å². The Labute approximate surface area is 228 Å². The molecule has 3 amide bonds. The van der Waals surface area contributed by atoms with Gasteiger partial charge in [-0.1, -0.05) is 66.4 Å². The van der Waals surface area contributed by atoms with Crippen LogP contribution >= 0.6 is 0 Å². The van der Waals surface area contributed by atoms with Crippen LogP contribution in [0.2, 0.25) is 0 Å². The van der Waals surface area contributed by atoms with Crippen molar-refractivity contribution in [2.24, 2.45) is 5.41 Å². The Hall–Kier alpha value is -4.63. The molecule has 0 bridgehead atoms. The maximum Gasteiger partial charge on any atom is 0.321 e. The largest absolute Gasteiger partial charge is 0.338 e. The quantitative estimate of drug-likeness (QED) is 0.344. The first-order valence-corrected chi connectivity index (χ1v) is 13.4. The number of carbonyl (C=O) groups is 2. The van der Waals surface area contributed by atoms with Crippen LogP contribution < -0.4 is 5.32 Å². The number of benzene rings is 3. The van der Waals surface area contributed by atoms with E-state index in [1.165, 1.54) is 0 Å². The summed E-state index contributed by atoms with van der Waals surface area (Å²) in [6.07, 6.45) is 6.05. The van der Waals surface area contributed by atoms with Gasteiger partial charge in [0, 0.05) is 55.1 Å². The molecule has 6 heteroatoms. The van der Waals surface area contributed by atoms with Gasteiger partial charge in [0.2, 0.25) is 0 Å². The van der Waals surface area contributed by atoms with Crippen LogP contribution in [0.25, 0.3) is 10.8 Å². The molecule has 194 valence electrons. The SMILES string of the molecule is O=C(Nc1cccc2ccccc12)N1CCC2(CC1)CCN(C(=O)c1cncc(C#Cc3ccccc3)c1)C2. The second-order valence-electron chi connectivity index (χ2n) is 10.5. The Bertz CT molecular complexity index is 1570. The van der Waals surface area contributed by atoms with Gasteiger partial charge in [0.25, 0.3) is 5.91 Å². The Balaban J connectivity index is 1.07. The Morgan fingerprint density at radius 3 is 2.28 bits per heavy atom. The number of nitrogens with one attached hydrogen (secondary N) is 1. The Morgan fingerprint density at radius 2 is 1.46 bits per heavy atom. The molecule has 2 aliphatic heterocycles. The molecule has 1 N–H and O–H groups in total. The zero-order valence-corrected chi connectivity index (χ0v) is 21.8. The summed E-state index contributed by atoms with van der Waals surface area (Å²) < 4.78 is 0. The summed E-state index contributed by atoms with van der Waals surface area (Å²) in [4.78, 5) is 34.5. The van der Waals surface area contributed by atoms with Crippen LogP contribution in [0, 0.1) is 17.3 Å². The average molecular weight is 515 g/mol.